The number of hydrogen-bond acceptors (Lipinski definition) is 4. The van der Waals surface area contributed by atoms with Gasteiger partial charge in [0.05, 0.1) is 5.54 Å². The molecule has 1 amide bonds. The van der Waals surface area contributed by atoms with E-state index in [-0.39, 0.29) is 11.4 Å². The Hall–Kier alpha value is -2.53. The fourth-order valence-electron chi connectivity index (χ4n) is 4.55. The number of carbonyl (C=O) groups is 1. The van der Waals surface area contributed by atoms with Crippen LogP contribution in [0, 0.1) is 0 Å². The van der Waals surface area contributed by atoms with Gasteiger partial charge in [0.1, 0.15) is 13.2 Å². The molecule has 3 aliphatic rings. The quantitative estimate of drug-likeness (QED) is 0.890. The molecule has 2 aromatic rings. The van der Waals surface area contributed by atoms with Crippen LogP contribution >= 0.6 is 0 Å². The van der Waals surface area contributed by atoms with Crippen LogP contribution in [0.25, 0.3) is 0 Å². The molecule has 1 N–H and O–H groups in total. The zero-order valence-corrected chi connectivity index (χ0v) is 15.4. The van der Waals surface area contributed by atoms with Gasteiger partial charge in [-0.3, -0.25) is 9.69 Å². The molecule has 27 heavy (non-hydrogen) atoms. The highest BCUT2D eigenvalue weighted by atomic mass is 16.6. The zero-order valence-electron chi connectivity index (χ0n) is 15.4. The average molecular weight is 364 g/mol. The number of ether oxygens (including phenoxy) is 2. The first-order chi connectivity index (χ1) is 13.2. The van der Waals surface area contributed by atoms with Gasteiger partial charge in [0.25, 0.3) is 5.91 Å². The molecular formula is C22H24N2O3. The van der Waals surface area contributed by atoms with E-state index < -0.39 is 0 Å². The van der Waals surface area contributed by atoms with Gasteiger partial charge in [-0.05, 0) is 48.6 Å². The number of likely N-dealkylation sites (tertiary alicyclic amines) is 1. The van der Waals surface area contributed by atoms with Crippen LogP contribution in [-0.4, -0.2) is 42.6 Å². The smallest absolute Gasteiger partial charge is 0.252 e. The van der Waals surface area contributed by atoms with E-state index in [2.05, 4.69) is 28.4 Å². The first-order valence-electron chi connectivity index (χ1n) is 9.72. The minimum absolute atomic E-state index is 0.0734. The van der Waals surface area contributed by atoms with Crippen LogP contribution < -0.4 is 14.8 Å². The fourth-order valence-corrected chi connectivity index (χ4v) is 4.55. The second-order valence-corrected chi connectivity index (χ2v) is 7.83. The van der Waals surface area contributed by atoms with Crippen LogP contribution in [0.5, 0.6) is 11.5 Å². The maximum Gasteiger partial charge on any atom is 0.252 e. The third kappa shape index (κ3) is 3.16. The van der Waals surface area contributed by atoms with E-state index in [1.165, 1.54) is 5.56 Å². The molecule has 0 aromatic heterocycles. The van der Waals surface area contributed by atoms with Crippen molar-refractivity contribution >= 4 is 5.91 Å². The molecule has 0 saturated carbocycles. The lowest BCUT2D eigenvalue weighted by atomic mass is 9.91. The van der Waals surface area contributed by atoms with Gasteiger partial charge in [0.2, 0.25) is 0 Å². The Morgan fingerprint density at radius 2 is 1.89 bits per heavy atom. The largest absolute Gasteiger partial charge is 0.486 e. The van der Waals surface area contributed by atoms with Crippen molar-refractivity contribution in [2.75, 3.05) is 26.3 Å². The fraction of sp³-hybridized carbons (Fsp3) is 0.409. The van der Waals surface area contributed by atoms with E-state index >= 15 is 0 Å². The maximum atomic E-state index is 12.7. The molecule has 1 spiro atoms. The highest BCUT2D eigenvalue weighted by molar-refractivity contribution is 5.96. The molecular weight excluding hydrogens is 340 g/mol. The van der Waals surface area contributed by atoms with Crippen LogP contribution in [0.1, 0.15) is 34.3 Å². The highest BCUT2D eigenvalue weighted by Gasteiger charge is 2.41. The Balaban J connectivity index is 1.29. The number of carbonyl (C=O) groups excluding carboxylic acids is 1. The number of hydrogen-bond donors (Lipinski definition) is 1. The van der Waals surface area contributed by atoms with Gasteiger partial charge >= 0.3 is 0 Å². The summed E-state index contributed by atoms with van der Waals surface area (Å²) in [6.07, 6.45) is 2.94. The Labute approximate surface area is 159 Å². The van der Waals surface area contributed by atoms with Crippen molar-refractivity contribution in [2.45, 2.75) is 31.3 Å². The van der Waals surface area contributed by atoms with E-state index in [0.29, 0.717) is 13.2 Å². The second kappa shape index (κ2) is 6.57. The number of amides is 1. The normalized spacial score (nSPS) is 24.4. The minimum atomic E-state index is -0.121. The van der Waals surface area contributed by atoms with Gasteiger partial charge in [-0.1, -0.05) is 24.3 Å². The lowest BCUT2D eigenvalue weighted by molar-refractivity contribution is 0.0902. The zero-order chi connectivity index (χ0) is 18.3. The molecule has 1 fully saturated rings. The minimum Gasteiger partial charge on any atom is -0.486 e. The van der Waals surface area contributed by atoms with Crippen molar-refractivity contribution in [1.29, 1.82) is 0 Å². The van der Waals surface area contributed by atoms with Gasteiger partial charge in [0, 0.05) is 25.2 Å². The van der Waals surface area contributed by atoms with Crippen LogP contribution in [-0.2, 0) is 13.0 Å². The number of benzene rings is 2. The van der Waals surface area contributed by atoms with Crippen LogP contribution in [0.4, 0.5) is 0 Å². The molecule has 1 atom stereocenters. The maximum absolute atomic E-state index is 12.7. The molecule has 5 nitrogen and oxygen atoms in total. The summed E-state index contributed by atoms with van der Waals surface area (Å²) in [6.45, 7) is 3.96. The third-order valence-corrected chi connectivity index (χ3v) is 5.96. The lowest BCUT2D eigenvalue weighted by Crippen LogP contribution is -2.49. The van der Waals surface area contributed by atoms with E-state index in [1.54, 1.807) is 0 Å². The summed E-state index contributed by atoms with van der Waals surface area (Å²) in [4.78, 5) is 15.2. The van der Waals surface area contributed by atoms with Crippen LogP contribution in [0.3, 0.4) is 0 Å². The predicted molar refractivity (Wildman–Crippen MR) is 102 cm³/mol. The average Bonchev–Trinajstić information content (AvgIpc) is 3.02. The molecule has 0 radical (unpaired) electrons. The van der Waals surface area contributed by atoms with Crippen LogP contribution in [0.2, 0.25) is 0 Å². The van der Waals surface area contributed by atoms with Crippen molar-refractivity contribution in [1.82, 2.24) is 10.2 Å². The standard InChI is InChI=1S/C22H24N2O3/c25-21-18-4-2-1-3-17(18)7-8-22(23-21)9-10-24(15-22)14-16-5-6-19-20(13-16)27-12-11-26-19/h1-6,13H,7-12,14-15H2,(H,23,25). The van der Waals surface area contributed by atoms with E-state index in [9.17, 15) is 4.79 Å². The summed E-state index contributed by atoms with van der Waals surface area (Å²) >= 11 is 0. The molecule has 0 aliphatic carbocycles. The topological polar surface area (TPSA) is 50.8 Å². The number of aryl methyl sites for hydroxylation is 1. The molecule has 1 saturated heterocycles. The van der Waals surface area contributed by atoms with Gasteiger partial charge < -0.3 is 14.8 Å². The molecule has 2 aromatic carbocycles. The molecule has 3 aliphatic heterocycles. The van der Waals surface area contributed by atoms with Crippen molar-refractivity contribution in [3.05, 3.63) is 59.2 Å². The third-order valence-electron chi connectivity index (χ3n) is 5.96. The summed E-state index contributed by atoms with van der Waals surface area (Å²) in [7, 11) is 0. The summed E-state index contributed by atoms with van der Waals surface area (Å²) in [5.41, 5.74) is 3.10. The number of rotatable bonds is 2. The highest BCUT2D eigenvalue weighted by Crippen LogP contribution is 2.34. The predicted octanol–water partition coefficient (Wildman–Crippen LogP) is 2.78. The molecule has 0 bridgehead atoms. The van der Waals surface area contributed by atoms with Gasteiger partial charge in [-0.15, -0.1) is 0 Å². The van der Waals surface area contributed by atoms with Gasteiger partial charge in [-0.2, -0.15) is 0 Å². The Morgan fingerprint density at radius 3 is 2.81 bits per heavy atom. The van der Waals surface area contributed by atoms with E-state index in [1.807, 2.05) is 24.3 Å². The Bertz CT molecular complexity index is 882. The van der Waals surface area contributed by atoms with Crippen molar-refractivity contribution in [3.8, 4) is 11.5 Å². The summed E-state index contributed by atoms with van der Waals surface area (Å²) in [5, 5.41) is 3.35. The molecule has 5 rings (SSSR count). The number of nitrogens with zero attached hydrogens (tertiary/aromatic N) is 1. The first-order valence-corrected chi connectivity index (χ1v) is 9.72. The first kappa shape index (κ1) is 16.6. The molecule has 1 unspecified atom stereocenters. The number of fused-ring (bicyclic) bond motifs is 2. The van der Waals surface area contributed by atoms with Crippen molar-refractivity contribution < 1.29 is 14.3 Å². The lowest BCUT2D eigenvalue weighted by Gasteiger charge is -2.29. The molecule has 140 valence electrons. The molecule has 3 heterocycles. The summed E-state index contributed by atoms with van der Waals surface area (Å²) in [5.74, 6) is 1.74. The second-order valence-electron chi connectivity index (χ2n) is 7.83. The monoisotopic (exact) mass is 364 g/mol. The Morgan fingerprint density at radius 1 is 1.04 bits per heavy atom. The van der Waals surface area contributed by atoms with E-state index in [4.69, 9.17) is 9.47 Å². The van der Waals surface area contributed by atoms with Crippen LogP contribution in [0.15, 0.2) is 42.5 Å². The summed E-state index contributed by atoms with van der Waals surface area (Å²) < 4.78 is 11.3. The van der Waals surface area contributed by atoms with Gasteiger partial charge in [0.15, 0.2) is 11.5 Å². The SMILES string of the molecule is O=C1NC2(CCc3ccccc31)CCN(Cc1ccc3c(c1)OCCO3)C2. The Kier molecular flexibility index (Phi) is 4.05. The van der Waals surface area contributed by atoms with Crippen molar-refractivity contribution in [3.63, 3.8) is 0 Å². The molecule has 5 heteroatoms. The van der Waals surface area contributed by atoms with Crippen molar-refractivity contribution in [2.24, 2.45) is 0 Å². The number of nitrogens with one attached hydrogen (secondary N) is 1. The van der Waals surface area contributed by atoms with Gasteiger partial charge in [-0.25, -0.2) is 0 Å². The summed E-state index contributed by atoms with van der Waals surface area (Å²) in [6, 6.07) is 14.2. The van der Waals surface area contributed by atoms with E-state index in [0.717, 1.165) is 61.5 Å².